The molecular weight excluding hydrogens is 268 g/mol. The predicted molar refractivity (Wildman–Crippen MR) is 72.7 cm³/mol. The lowest BCUT2D eigenvalue weighted by molar-refractivity contribution is -0.134. The Morgan fingerprint density at radius 2 is 1.95 bits per heavy atom. The SMILES string of the molecule is COC(=O)/C=C/C(=O)c1ccc(OC(C)C)cc1Cl. The summed E-state index contributed by atoms with van der Waals surface area (Å²) in [6.07, 6.45) is 2.20. The topological polar surface area (TPSA) is 52.6 Å². The van der Waals surface area contributed by atoms with Gasteiger partial charge in [0.1, 0.15) is 5.75 Å². The van der Waals surface area contributed by atoms with Crippen molar-refractivity contribution in [2.75, 3.05) is 7.11 Å². The first-order chi connectivity index (χ1) is 8.93. The largest absolute Gasteiger partial charge is 0.491 e. The van der Waals surface area contributed by atoms with E-state index in [1.165, 1.54) is 7.11 Å². The number of hydrogen-bond donors (Lipinski definition) is 0. The molecule has 0 N–H and O–H groups in total. The quantitative estimate of drug-likeness (QED) is 0.473. The molecule has 0 spiro atoms. The average Bonchev–Trinajstić information content (AvgIpc) is 2.34. The minimum atomic E-state index is -0.593. The highest BCUT2D eigenvalue weighted by atomic mass is 35.5. The van der Waals surface area contributed by atoms with E-state index in [1.54, 1.807) is 18.2 Å². The van der Waals surface area contributed by atoms with Crippen molar-refractivity contribution < 1.29 is 19.1 Å². The Morgan fingerprint density at radius 3 is 2.47 bits per heavy atom. The number of ketones is 1. The van der Waals surface area contributed by atoms with Gasteiger partial charge >= 0.3 is 5.97 Å². The van der Waals surface area contributed by atoms with Crippen LogP contribution in [0, 0.1) is 0 Å². The minimum absolute atomic E-state index is 0.0249. The maximum absolute atomic E-state index is 11.8. The van der Waals surface area contributed by atoms with E-state index >= 15 is 0 Å². The monoisotopic (exact) mass is 282 g/mol. The van der Waals surface area contributed by atoms with E-state index in [9.17, 15) is 9.59 Å². The molecule has 0 aliphatic carbocycles. The first kappa shape index (κ1) is 15.2. The van der Waals surface area contributed by atoms with Gasteiger partial charge in [0.05, 0.1) is 18.2 Å². The lowest BCUT2D eigenvalue weighted by Crippen LogP contribution is -2.06. The van der Waals surface area contributed by atoms with Crippen molar-refractivity contribution in [3.05, 3.63) is 40.9 Å². The highest BCUT2D eigenvalue weighted by Crippen LogP contribution is 2.24. The fourth-order valence-corrected chi connectivity index (χ4v) is 1.61. The number of benzene rings is 1. The Balaban J connectivity index is 2.87. The molecule has 0 unspecified atom stereocenters. The second kappa shape index (κ2) is 6.95. The zero-order valence-electron chi connectivity index (χ0n) is 11.0. The molecule has 0 saturated carbocycles. The van der Waals surface area contributed by atoms with Crippen LogP contribution in [0.3, 0.4) is 0 Å². The highest BCUT2D eigenvalue weighted by Gasteiger charge is 2.10. The summed E-state index contributed by atoms with van der Waals surface area (Å²) in [7, 11) is 1.24. The van der Waals surface area contributed by atoms with Crippen LogP contribution in [0.15, 0.2) is 30.4 Å². The maximum Gasteiger partial charge on any atom is 0.330 e. The maximum atomic E-state index is 11.8. The van der Waals surface area contributed by atoms with E-state index in [4.69, 9.17) is 16.3 Å². The zero-order valence-corrected chi connectivity index (χ0v) is 11.7. The standard InChI is InChI=1S/C14H15ClO4/c1-9(2)19-10-4-5-11(12(15)8-10)13(16)6-7-14(17)18-3/h4-9H,1-3H3/b7-6+. The molecule has 0 aliphatic rings. The summed E-state index contributed by atoms with van der Waals surface area (Å²) in [4.78, 5) is 22.7. The van der Waals surface area contributed by atoms with Crippen molar-refractivity contribution in [3.8, 4) is 5.75 Å². The number of allylic oxidation sites excluding steroid dienone is 1. The molecule has 0 aromatic heterocycles. The van der Waals surface area contributed by atoms with Gasteiger partial charge in [-0.1, -0.05) is 11.6 Å². The number of ether oxygens (including phenoxy) is 2. The van der Waals surface area contributed by atoms with Crippen molar-refractivity contribution in [1.29, 1.82) is 0 Å². The van der Waals surface area contributed by atoms with Crippen molar-refractivity contribution in [2.24, 2.45) is 0 Å². The molecule has 0 amide bonds. The number of esters is 1. The minimum Gasteiger partial charge on any atom is -0.491 e. The number of carbonyl (C=O) groups excluding carboxylic acids is 2. The van der Waals surface area contributed by atoms with Crippen LogP contribution in [0.2, 0.25) is 5.02 Å². The summed E-state index contributed by atoms with van der Waals surface area (Å²) in [5.74, 6) is -0.371. The van der Waals surface area contributed by atoms with Crippen LogP contribution in [0.5, 0.6) is 5.75 Å². The summed E-state index contributed by atoms with van der Waals surface area (Å²) in [6, 6.07) is 4.79. The Hall–Kier alpha value is -1.81. The van der Waals surface area contributed by atoms with E-state index in [1.807, 2.05) is 13.8 Å². The molecule has 0 atom stereocenters. The van der Waals surface area contributed by atoms with Gasteiger partial charge in [-0.3, -0.25) is 4.79 Å². The third kappa shape index (κ3) is 4.75. The average molecular weight is 283 g/mol. The van der Waals surface area contributed by atoms with Gasteiger partial charge < -0.3 is 9.47 Å². The molecule has 0 heterocycles. The third-order valence-electron chi connectivity index (χ3n) is 2.15. The fraction of sp³-hybridized carbons (Fsp3) is 0.286. The number of halogens is 1. The van der Waals surface area contributed by atoms with E-state index in [0.717, 1.165) is 12.2 Å². The smallest absolute Gasteiger partial charge is 0.330 e. The molecule has 0 bridgehead atoms. The molecule has 0 aliphatic heterocycles. The Kier molecular flexibility index (Phi) is 5.57. The van der Waals surface area contributed by atoms with Crippen molar-refractivity contribution in [2.45, 2.75) is 20.0 Å². The Labute approximate surface area is 117 Å². The third-order valence-corrected chi connectivity index (χ3v) is 2.46. The molecule has 0 saturated heterocycles. The number of rotatable bonds is 5. The van der Waals surface area contributed by atoms with Crippen LogP contribution < -0.4 is 4.74 Å². The van der Waals surface area contributed by atoms with Crippen LogP contribution in [-0.4, -0.2) is 25.0 Å². The summed E-state index contributed by atoms with van der Waals surface area (Å²) in [5.41, 5.74) is 0.304. The summed E-state index contributed by atoms with van der Waals surface area (Å²) >= 11 is 6.01. The second-order valence-corrected chi connectivity index (χ2v) is 4.44. The normalized spacial score (nSPS) is 10.8. The van der Waals surface area contributed by atoms with Gasteiger partial charge in [-0.15, -0.1) is 0 Å². The molecule has 0 fully saturated rings. The molecule has 0 radical (unpaired) electrons. The number of carbonyl (C=O) groups is 2. The van der Waals surface area contributed by atoms with Crippen molar-refractivity contribution in [3.63, 3.8) is 0 Å². The zero-order chi connectivity index (χ0) is 14.4. The highest BCUT2D eigenvalue weighted by molar-refractivity contribution is 6.34. The molecule has 19 heavy (non-hydrogen) atoms. The number of methoxy groups -OCH3 is 1. The van der Waals surface area contributed by atoms with Gasteiger partial charge in [0.15, 0.2) is 5.78 Å². The van der Waals surface area contributed by atoms with Gasteiger partial charge in [0, 0.05) is 11.6 Å². The molecule has 1 aromatic carbocycles. The first-order valence-corrected chi connectivity index (χ1v) is 6.08. The lowest BCUT2D eigenvalue weighted by atomic mass is 10.1. The first-order valence-electron chi connectivity index (χ1n) is 5.70. The Morgan fingerprint density at radius 1 is 1.26 bits per heavy atom. The van der Waals surface area contributed by atoms with E-state index in [2.05, 4.69) is 4.74 Å². The van der Waals surface area contributed by atoms with Crippen LogP contribution in [-0.2, 0) is 9.53 Å². The molecular formula is C14H15ClO4. The predicted octanol–water partition coefficient (Wildman–Crippen LogP) is 3.04. The van der Waals surface area contributed by atoms with Gasteiger partial charge in [-0.25, -0.2) is 4.79 Å². The molecule has 1 aromatic rings. The van der Waals surface area contributed by atoms with E-state index in [-0.39, 0.29) is 16.9 Å². The van der Waals surface area contributed by atoms with Gasteiger partial charge in [0.25, 0.3) is 0 Å². The summed E-state index contributed by atoms with van der Waals surface area (Å²) in [5, 5.41) is 0.276. The molecule has 102 valence electrons. The van der Waals surface area contributed by atoms with E-state index in [0.29, 0.717) is 11.3 Å². The Bertz CT molecular complexity index is 506. The molecule has 5 heteroatoms. The van der Waals surface area contributed by atoms with Crippen molar-refractivity contribution >= 4 is 23.4 Å². The van der Waals surface area contributed by atoms with Gasteiger partial charge in [-0.05, 0) is 38.1 Å². The van der Waals surface area contributed by atoms with E-state index < -0.39 is 5.97 Å². The van der Waals surface area contributed by atoms with Crippen LogP contribution in [0.4, 0.5) is 0 Å². The van der Waals surface area contributed by atoms with Gasteiger partial charge in [-0.2, -0.15) is 0 Å². The van der Waals surface area contributed by atoms with Crippen molar-refractivity contribution in [1.82, 2.24) is 0 Å². The molecule has 4 nitrogen and oxygen atoms in total. The lowest BCUT2D eigenvalue weighted by Gasteiger charge is -2.10. The van der Waals surface area contributed by atoms with Crippen LogP contribution >= 0.6 is 11.6 Å². The van der Waals surface area contributed by atoms with Crippen LogP contribution in [0.25, 0.3) is 0 Å². The van der Waals surface area contributed by atoms with Gasteiger partial charge in [0.2, 0.25) is 0 Å². The summed E-state index contributed by atoms with van der Waals surface area (Å²) in [6.45, 7) is 3.79. The van der Waals surface area contributed by atoms with Crippen LogP contribution in [0.1, 0.15) is 24.2 Å². The molecule has 1 rings (SSSR count). The fourth-order valence-electron chi connectivity index (χ4n) is 1.34. The second-order valence-electron chi connectivity index (χ2n) is 4.03. The number of hydrogen-bond acceptors (Lipinski definition) is 4. The summed E-state index contributed by atoms with van der Waals surface area (Å²) < 4.78 is 9.86.